The number of carbonyl (C=O) groups is 7. The van der Waals surface area contributed by atoms with Gasteiger partial charge in [-0.25, -0.2) is 19.2 Å². The number of carboxylic acids is 2. The fraction of sp³-hybridized carbons (Fsp3) is 0.766. The zero-order valence-corrected chi connectivity index (χ0v) is 45.6. The molecule has 80 heavy (non-hydrogen) atoms. The third kappa shape index (κ3) is 57.7. The molecular weight excluding hydrogens is 1090 g/mol. The first-order valence-corrected chi connectivity index (χ1v) is 24.5. The maximum Gasteiger partial charge on any atom is 0.331 e. The summed E-state index contributed by atoms with van der Waals surface area (Å²) in [5.41, 5.74) is 0. The van der Waals surface area contributed by atoms with E-state index >= 15 is 0 Å². The van der Waals surface area contributed by atoms with Gasteiger partial charge in [0, 0.05) is 43.6 Å². The minimum Gasteiger partial charge on any atom is -0.478 e. The van der Waals surface area contributed by atoms with Gasteiger partial charge in [0.25, 0.3) is 0 Å². The zero-order valence-electron chi connectivity index (χ0n) is 45.6. The van der Waals surface area contributed by atoms with Crippen molar-refractivity contribution in [3.63, 3.8) is 0 Å². The largest absolute Gasteiger partial charge is 0.478 e. The Hall–Kier alpha value is -4.99. The predicted molar refractivity (Wildman–Crippen MR) is 264 cm³/mol. The SMILES string of the molecule is CCC(=O)OC(COCO)COCC(COCO)OC(=O)CC.CCC(=O)OC(COCO)COCO.CCC(O)OC(COCO)COCC(COCO)OC(O)CC.O=C(O)/C=C/C(=O)OCC(O)COC(=O)/C=C/C(=O)O. The average Bonchev–Trinajstić information content (AvgIpc) is 3.44. The van der Waals surface area contributed by atoms with Crippen LogP contribution in [0.2, 0.25) is 0 Å². The molecule has 0 heterocycles. The summed E-state index contributed by atoms with van der Waals surface area (Å²) >= 11 is 0. The number of carbonyl (C=O) groups excluding carboxylic acids is 5. The summed E-state index contributed by atoms with van der Waals surface area (Å²) < 4.78 is 74.0. The summed E-state index contributed by atoms with van der Waals surface area (Å²) in [7, 11) is 0. The van der Waals surface area contributed by atoms with Crippen LogP contribution in [0.15, 0.2) is 24.3 Å². The first-order valence-electron chi connectivity index (χ1n) is 24.5. The van der Waals surface area contributed by atoms with Gasteiger partial charge in [-0.05, 0) is 12.8 Å². The van der Waals surface area contributed by atoms with Crippen LogP contribution in [-0.4, -0.2) is 267 Å². The van der Waals surface area contributed by atoms with Gasteiger partial charge in [-0.15, -0.1) is 0 Å². The van der Waals surface area contributed by atoms with Crippen LogP contribution < -0.4 is 0 Å². The minimum atomic E-state index is -1.33. The normalized spacial score (nSPS) is 13.3. The number of aliphatic carboxylic acids is 2. The van der Waals surface area contributed by atoms with Gasteiger partial charge in [-0.2, -0.15) is 0 Å². The molecule has 0 aliphatic heterocycles. The number of aliphatic hydroxyl groups is 9. The van der Waals surface area contributed by atoms with Gasteiger partial charge >= 0.3 is 41.8 Å². The third-order valence-corrected chi connectivity index (χ3v) is 8.30. The quantitative estimate of drug-likeness (QED) is 0.0123. The average molecular weight is 1180 g/mol. The van der Waals surface area contributed by atoms with E-state index in [1.54, 1.807) is 34.6 Å². The van der Waals surface area contributed by atoms with Crippen LogP contribution in [0.5, 0.6) is 0 Å². The van der Waals surface area contributed by atoms with E-state index in [1.165, 1.54) is 0 Å². The Labute approximate surface area is 462 Å². The fourth-order valence-electron chi connectivity index (χ4n) is 4.59. The van der Waals surface area contributed by atoms with Gasteiger partial charge < -0.3 is 127 Å². The van der Waals surface area contributed by atoms with Crippen molar-refractivity contribution in [2.75, 3.05) is 120 Å². The van der Waals surface area contributed by atoms with Crippen molar-refractivity contribution in [1.29, 1.82) is 0 Å². The Morgan fingerprint density at radius 3 is 0.812 bits per heavy atom. The molecule has 0 saturated heterocycles. The molecule has 0 aromatic heterocycles. The molecule has 0 aromatic carbocycles. The molecule has 6 unspecified atom stereocenters. The number of rotatable bonds is 46. The standard InChI is InChI=1S/C14H30O9.C14H26O9.C11H12O9.C8H16O6/c2*1-3-13(17)22-11(7-20-9-15)5-19-6-12(8-21-10-16)23-14(18)4-2;12-7(5-19-10(17)3-1-8(13)14)6-20-11(18)4-2-9(15)16;1-2-8(11)14-7(3-12-5-9)4-13-6-10/h11-18H,3-10H2,1-2H3;11-12,15-16H,3-10H2,1-2H3;1-4,7,12H,5-6H2,(H,13,14)(H,15,16);7,9-10H,2-6H2,1H3/b;;3-1+,4-2+;. The molecule has 11 N–H and O–H groups in total. The molecule has 0 spiro atoms. The first kappa shape index (κ1) is 81.5. The van der Waals surface area contributed by atoms with Crippen LogP contribution in [0.1, 0.15) is 66.7 Å². The molecule has 0 amide bonds. The molecule has 33 heteroatoms. The van der Waals surface area contributed by atoms with Gasteiger partial charge in [0.05, 0.1) is 66.1 Å². The zero-order chi connectivity index (χ0) is 61.4. The lowest BCUT2D eigenvalue weighted by atomic mass is 10.3. The number of hydrogen-bond acceptors (Lipinski definition) is 31. The molecule has 33 nitrogen and oxygen atoms in total. The van der Waals surface area contributed by atoms with Gasteiger partial charge in [0.15, 0.2) is 12.6 Å². The van der Waals surface area contributed by atoms with E-state index in [9.17, 15) is 48.9 Å². The Balaban J connectivity index is -0.000000489. The fourth-order valence-corrected chi connectivity index (χ4v) is 4.59. The summed E-state index contributed by atoms with van der Waals surface area (Å²) in [6.07, 6.45) is -2.39. The Bertz CT molecular complexity index is 1500. The minimum absolute atomic E-state index is 0.00500. The molecule has 0 saturated carbocycles. The summed E-state index contributed by atoms with van der Waals surface area (Å²) in [6.45, 7) is 5.03. The second-order valence-corrected chi connectivity index (χ2v) is 15.0. The maximum atomic E-state index is 11.3. The molecular formula is C47H84O33. The van der Waals surface area contributed by atoms with Crippen LogP contribution in [-0.2, 0) is 105 Å². The molecule has 0 aromatic rings. The van der Waals surface area contributed by atoms with E-state index in [1.807, 2.05) is 0 Å². The molecule has 0 rings (SSSR count). The second kappa shape index (κ2) is 58.7. The van der Waals surface area contributed by atoms with Gasteiger partial charge in [0.2, 0.25) is 0 Å². The Kier molecular flexibility index (Phi) is 59.7. The number of esters is 5. The topological polar surface area (TPSA) is 480 Å². The summed E-state index contributed by atoms with van der Waals surface area (Å²) in [5.74, 6) is -5.84. The van der Waals surface area contributed by atoms with Gasteiger partial charge in [-0.3, -0.25) is 14.4 Å². The molecule has 470 valence electrons. The maximum absolute atomic E-state index is 11.3. The van der Waals surface area contributed by atoms with Crippen LogP contribution in [0, 0.1) is 0 Å². The van der Waals surface area contributed by atoms with Crippen molar-refractivity contribution >= 4 is 41.8 Å². The highest BCUT2D eigenvalue weighted by atomic mass is 16.7. The lowest BCUT2D eigenvalue weighted by Gasteiger charge is -2.23. The van der Waals surface area contributed by atoms with Crippen molar-refractivity contribution < 1.29 is 161 Å². The lowest BCUT2D eigenvalue weighted by molar-refractivity contribution is -0.196. The summed E-state index contributed by atoms with van der Waals surface area (Å²) in [4.78, 5) is 75.4. The molecule has 6 atom stereocenters. The number of carboxylic acid groups (broad SMARTS) is 2. The van der Waals surface area contributed by atoms with E-state index < -0.39 is 139 Å². The Morgan fingerprint density at radius 2 is 0.588 bits per heavy atom. The number of aliphatic hydroxyl groups excluding tert-OH is 9. The highest BCUT2D eigenvalue weighted by Gasteiger charge is 2.21. The number of ether oxygens (including phenoxy) is 15. The van der Waals surface area contributed by atoms with Crippen LogP contribution in [0.25, 0.3) is 0 Å². The van der Waals surface area contributed by atoms with Crippen molar-refractivity contribution in [3.05, 3.63) is 24.3 Å². The molecule has 0 radical (unpaired) electrons. The molecule has 0 aliphatic rings. The van der Waals surface area contributed by atoms with E-state index in [2.05, 4.69) is 18.9 Å². The third-order valence-electron chi connectivity index (χ3n) is 8.30. The predicted octanol–water partition coefficient (Wildman–Crippen LogP) is -3.30. The summed E-state index contributed by atoms with van der Waals surface area (Å²) in [5, 5.41) is 96.1. The number of hydrogen-bond donors (Lipinski definition) is 11. The van der Waals surface area contributed by atoms with E-state index in [-0.39, 0.29) is 91.3 Å². The molecule has 0 aliphatic carbocycles. The first-order chi connectivity index (χ1) is 38.2. The van der Waals surface area contributed by atoms with E-state index in [0.717, 1.165) is 0 Å². The highest BCUT2D eigenvalue weighted by molar-refractivity contribution is 5.91. The second-order valence-electron chi connectivity index (χ2n) is 15.0. The van der Waals surface area contributed by atoms with Crippen LogP contribution in [0.4, 0.5) is 0 Å². The van der Waals surface area contributed by atoms with Crippen molar-refractivity contribution in [3.8, 4) is 0 Å². The van der Waals surface area contributed by atoms with E-state index in [4.69, 9.17) is 93.0 Å². The molecule has 0 bridgehead atoms. The van der Waals surface area contributed by atoms with Gasteiger partial charge in [-0.1, -0.05) is 34.6 Å². The van der Waals surface area contributed by atoms with E-state index in [0.29, 0.717) is 37.1 Å². The van der Waals surface area contributed by atoms with Crippen molar-refractivity contribution in [1.82, 2.24) is 0 Å². The van der Waals surface area contributed by atoms with Crippen LogP contribution >= 0.6 is 0 Å². The van der Waals surface area contributed by atoms with Crippen LogP contribution in [0.3, 0.4) is 0 Å². The monoisotopic (exact) mass is 1180 g/mol. The Morgan fingerprint density at radius 1 is 0.350 bits per heavy atom. The van der Waals surface area contributed by atoms with Gasteiger partial charge in [0.1, 0.15) is 90.6 Å². The lowest BCUT2D eigenvalue weighted by Crippen LogP contribution is -2.34. The van der Waals surface area contributed by atoms with Crippen molar-refractivity contribution in [2.24, 2.45) is 0 Å². The summed E-state index contributed by atoms with van der Waals surface area (Å²) in [6, 6.07) is 0. The smallest absolute Gasteiger partial charge is 0.331 e. The highest BCUT2D eigenvalue weighted by Crippen LogP contribution is 2.07. The van der Waals surface area contributed by atoms with Crippen molar-refractivity contribution in [2.45, 2.75) is 116 Å². The molecule has 0 fully saturated rings.